The molecule has 18 heavy (non-hydrogen) atoms. The van der Waals surface area contributed by atoms with Crippen LogP contribution < -0.4 is 5.32 Å². The molecule has 1 aromatic carbocycles. The van der Waals surface area contributed by atoms with Crippen molar-refractivity contribution in [1.82, 2.24) is 5.32 Å². The molecule has 0 spiro atoms. The lowest BCUT2D eigenvalue weighted by Crippen LogP contribution is -2.28. The summed E-state index contributed by atoms with van der Waals surface area (Å²) in [4.78, 5) is 0. The minimum atomic E-state index is 0.412. The number of hydrogen-bond donors (Lipinski definition) is 1. The molecule has 1 heterocycles. The number of hydrogen-bond acceptors (Lipinski definition) is 2. The van der Waals surface area contributed by atoms with Crippen LogP contribution >= 0.6 is 0 Å². The van der Waals surface area contributed by atoms with E-state index in [-0.39, 0.29) is 0 Å². The summed E-state index contributed by atoms with van der Waals surface area (Å²) in [5, 5.41) is 3.56. The molecule has 0 amide bonds. The fraction of sp³-hybridized carbons (Fsp3) is 0.375. The van der Waals surface area contributed by atoms with Gasteiger partial charge in [0.15, 0.2) is 0 Å². The SMILES string of the molecule is Cc1cccc(C)c1CNC(C)Cc1ccco1. The highest BCUT2D eigenvalue weighted by Gasteiger charge is 2.07. The van der Waals surface area contributed by atoms with Crippen LogP contribution in [0, 0.1) is 13.8 Å². The van der Waals surface area contributed by atoms with E-state index in [0.29, 0.717) is 6.04 Å². The van der Waals surface area contributed by atoms with Gasteiger partial charge in [0.25, 0.3) is 0 Å². The second-order valence-electron chi connectivity index (χ2n) is 4.94. The van der Waals surface area contributed by atoms with E-state index < -0.39 is 0 Å². The normalized spacial score (nSPS) is 12.6. The van der Waals surface area contributed by atoms with Crippen molar-refractivity contribution in [2.75, 3.05) is 0 Å². The zero-order chi connectivity index (χ0) is 13.0. The van der Waals surface area contributed by atoms with Crippen LogP contribution in [0.15, 0.2) is 41.0 Å². The van der Waals surface area contributed by atoms with Gasteiger partial charge in [0.05, 0.1) is 6.26 Å². The van der Waals surface area contributed by atoms with E-state index in [4.69, 9.17) is 4.42 Å². The minimum Gasteiger partial charge on any atom is -0.469 e. The average molecular weight is 243 g/mol. The van der Waals surface area contributed by atoms with E-state index >= 15 is 0 Å². The zero-order valence-corrected chi connectivity index (χ0v) is 11.4. The highest BCUT2D eigenvalue weighted by atomic mass is 16.3. The van der Waals surface area contributed by atoms with Gasteiger partial charge in [-0.05, 0) is 49.6 Å². The van der Waals surface area contributed by atoms with Crippen molar-refractivity contribution < 1.29 is 4.42 Å². The van der Waals surface area contributed by atoms with Gasteiger partial charge in [-0.15, -0.1) is 0 Å². The molecule has 0 aliphatic carbocycles. The van der Waals surface area contributed by atoms with Crippen molar-refractivity contribution in [3.8, 4) is 0 Å². The fourth-order valence-electron chi connectivity index (χ4n) is 2.21. The molecule has 0 bridgehead atoms. The number of rotatable bonds is 5. The van der Waals surface area contributed by atoms with Crippen LogP contribution in [0.25, 0.3) is 0 Å². The molecule has 1 unspecified atom stereocenters. The van der Waals surface area contributed by atoms with Gasteiger partial charge < -0.3 is 9.73 Å². The van der Waals surface area contributed by atoms with Crippen molar-refractivity contribution in [2.24, 2.45) is 0 Å². The molecule has 2 rings (SSSR count). The lowest BCUT2D eigenvalue weighted by atomic mass is 10.0. The molecule has 0 aliphatic heterocycles. The summed E-state index contributed by atoms with van der Waals surface area (Å²) in [6.45, 7) is 7.44. The molecule has 96 valence electrons. The Kier molecular flexibility index (Phi) is 4.21. The first-order valence-electron chi connectivity index (χ1n) is 6.47. The van der Waals surface area contributed by atoms with Crippen molar-refractivity contribution in [2.45, 2.75) is 39.8 Å². The van der Waals surface area contributed by atoms with Gasteiger partial charge in [0.1, 0.15) is 5.76 Å². The monoisotopic (exact) mass is 243 g/mol. The highest BCUT2D eigenvalue weighted by molar-refractivity contribution is 5.33. The van der Waals surface area contributed by atoms with Crippen LogP contribution in [0.3, 0.4) is 0 Å². The third-order valence-electron chi connectivity index (χ3n) is 3.36. The summed E-state index contributed by atoms with van der Waals surface area (Å²) in [6.07, 6.45) is 2.66. The molecule has 1 aromatic heterocycles. The summed E-state index contributed by atoms with van der Waals surface area (Å²) in [6, 6.07) is 10.8. The summed E-state index contributed by atoms with van der Waals surface area (Å²) >= 11 is 0. The van der Waals surface area contributed by atoms with Gasteiger partial charge in [-0.1, -0.05) is 18.2 Å². The summed E-state index contributed by atoms with van der Waals surface area (Å²) in [5.74, 6) is 1.04. The van der Waals surface area contributed by atoms with Crippen molar-refractivity contribution in [3.05, 3.63) is 59.0 Å². The molecule has 0 radical (unpaired) electrons. The van der Waals surface area contributed by atoms with Crippen LogP contribution in [-0.4, -0.2) is 6.04 Å². The van der Waals surface area contributed by atoms with Crippen LogP contribution in [0.5, 0.6) is 0 Å². The van der Waals surface area contributed by atoms with E-state index in [2.05, 4.69) is 44.3 Å². The third-order valence-corrected chi connectivity index (χ3v) is 3.36. The Balaban J connectivity index is 1.91. The smallest absolute Gasteiger partial charge is 0.105 e. The summed E-state index contributed by atoms with van der Waals surface area (Å²) in [5.41, 5.74) is 4.11. The first-order chi connectivity index (χ1) is 8.66. The first kappa shape index (κ1) is 12.9. The molecule has 0 aliphatic rings. The van der Waals surface area contributed by atoms with Crippen LogP contribution in [0.1, 0.15) is 29.4 Å². The standard InChI is InChI=1S/C16H21NO/c1-12-6-4-7-13(2)16(12)11-17-14(3)10-15-8-5-9-18-15/h4-9,14,17H,10-11H2,1-3H3. The quantitative estimate of drug-likeness (QED) is 0.867. The Morgan fingerprint density at radius 1 is 1.11 bits per heavy atom. The van der Waals surface area contributed by atoms with E-state index in [9.17, 15) is 0 Å². The third kappa shape index (κ3) is 3.23. The maximum absolute atomic E-state index is 5.36. The molecule has 0 saturated carbocycles. The summed E-state index contributed by atoms with van der Waals surface area (Å²) in [7, 11) is 0. The molecule has 2 heteroatoms. The Labute approximate surface area is 109 Å². The number of benzene rings is 1. The molecule has 0 fully saturated rings. The molecule has 2 aromatic rings. The second-order valence-corrected chi connectivity index (χ2v) is 4.94. The molecular formula is C16H21NO. The number of aryl methyl sites for hydroxylation is 2. The van der Waals surface area contributed by atoms with E-state index in [1.54, 1.807) is 6.26 Å². The van der Waals surface area contributed by atoms with Crippen molar-refractivity contribution in [3.63, 3.8) is 0 Å². The predicted octanol–water partition coefficient (Wildman–Crippen LogP) is 3.62. The average Bonchev–Trinajstić information content (AvgIpc) is 2.81. The van der Waals surface area contributed by atoms with Gasteiger partial charge in [-0.2, -0.15) is 0 Å². The topological polar surface area (TPSA) is 25.2 Å². The first-order valence-corrected chi connectivity index (χ1v) is 6.47. The van der Waals surface area contributed by atoms with Gasteiger partial charge in [-0.3, -0.25) is 0 Å². The van der Waals surface area contributed by atoms with E-state index in [1.165, 1.54) is 16.7 Å². The van der Waals surface area contributed by atoms with Gasteiger partial charge in [0.2, 0.25) is 0 Å². The van der Waals surface area contributed by atoms with Gasteiger partial charge >= 0.3 is 0 Å². The van der Waals surface area contributed by atoms with Gasteiger partial charge in [0, 0.05) is 19.0 Å². The molecule has 1 N–H and O–H groups in total. The van der Waals surface area contributed by atoms with Crippen LogP contribution in [-0.2, 0) is 13.0 Å². The number of nitrogens with one attached hydrogen (secondary N) is 1. The lowest BCUT2D eigenvalue weighted by Gasteiger charge is -2.15. The lowest BCUT2D eigenvalue weighted by molar-refractivity contribution is 0.456. The van der Waals surface area contributed by atoms with Crippen molar-refractivity contribution in [1.29, 1.82) is 0 Å². The summed E-state index contributed by atoms with van der Waals surface area (Å²) < 4.78 is 5.36. The van der Waals surface area contributed by atoms with Gasteiger partial charge in [-0.25, -0.2) is 0 Å². The maximum Gasteiger partial charge on any atom is 0.105 e. The van der Waals surface area contributed by atoms with Crippen LogP contribution in [0.4, 0.5) is 0 Å². The zero-order valence-electron chi connectivity index (χ0n) is 11.4. The predicted molar refractivity (Wildman–Crippen MR) is 74.6 cm³/mol. The largest absolute Gasteiger partial charge is 0.469 e. The molecule has 2 nitrogen and oxygen atoms in total. The Bertz CT molecular complexity index is 468. The Hall–Kier alpha value is -1.54. The Morgan fingerprint density at radius 3 is 2.44 bits per heavy atom. The maximum atomic E-state index is 5.36. The molecular weight excluding hydrogens is 222 g/mol. The Morgan fingerprint density at radius 2 is 1.83 bits per heavy atom. The fourth-order valence-corrected chi connectivity index (χ4v) is 2.21. The number of furan rings is 1. The van der Waals surface area contributed by atoms with E-state index in [0.717, 1.165) is 18.7 Å². The van der Waals surface area contributed by atoms with Crippen LogP contribution in [0.2, 0.25) is 0 Å². The molecule has 0 saturated heterocycles. The molecule has 1 atom stereocenters. The van der Waals surface area contributed by atoms with Crippen molar-refractivity contribution >= 4 is 0 Å². The highest BCUT2D eigenvalue weighted by Crippen LogP contribution is 2.13. The second kappa shape index (κ2) is 5.87. The minimum absolute atomic E-state index is 0.412. The van der Waals surface area contributed by atoms with E-state index in [1.807, 2.05) is 12.1 Å².